The highest BCUT2D eigenvalue weighted by Crippen LogP contribution is 2.27. The van der Waals surface area contributed by atoms with Crippen molar-refractivity contribution in [3.8, 4) is 17.2 Å². The van der Waals surface area contributed by atoms with E-state index in [-0.39, 0.29) is 18.4 Å². The molecule has 6 rings (SSSR count). The second-order valence-corrected chi connectivity index (χ2v) is 9.78. The minimum atomic E-state index is -0.696. The molecule has 2 unspecified atom stereocenters. The third kappa shape index (κ3) is 5.33. The molecule has 12 nitrogen and oxygen atoms in total. The monoisotopic (exact) mass is 538 g/mol. The van der Waals surface area contributed by atoms with Crippen LogP contribution in [0.15, 0.2) is 47.1 Å². The number of halogens is 1. The summed E-state index contributed by atoms with van der Waals surface area (Å²) >= 11 is 0. The van der Waals surface area contributed by atoms with Gasteiger partial charge in [-0.15, -0.1) is 0 Å². The molecule has 4 aromatic rings. The summed E-state index contributed by atoms with van der Waals surface area (Å²) in [6, 6.07) is 10.3. The fourth-order valence-corrected chi connectivity index (χ4v) is 4.84. The predicted octanol–water partition coefficient (Wildman–Crippen LogP) is 1.50. The van der Waals surface area contributed by atoms with Gasteiger partial charge in [0.25, 0.3) is 0 Å². The molecule has 2 atom stereocenters. The van der Waals surface area contributed by atoms with Crippen molar-refractivity contribution in [2.24, 2.45) is 0 Å². The molecule has 3 aromatic heterocycles. The van der Waals surface area contributed by atoms with Crippen molar-refractivity contribution < 1.29 is 23.4 Å². The highest BCUT2D eigenvalue weighted by molar-refractivity contribution is 5.61. The summed E-state index contributed by atoms with van der Waals surface area (Å²) in [6.45, 7) is 5.05. The maximum absolute atomic E-state index is 14.9. The standard InChI is InChI=1S/C26H31FN8O4/c1-32(26-29-24-14-19(22-3-2-12-38-22)31-35(24)25(28)30-26)6-7-33-8-10-34(11-9-33)20-5-4-17(13-18(20)27)39-23-16-37-15-21(23)36/h2-5,12-14,21,23,36H,6-11,15-16H2,1H3,(H2,28,29,30). The van der Waals surface area contributed by atoms with Crippen LogP contribution in [0.4, 0.5) is 22.0 Å². The van der Waals surface area contributed by atoms with Crippen molar-refractivity contribution in [2.75, 3.05) is 75.1 Å². The summed E-state index contributed by atoms with van der Waals surface area (Å²) in [5.41, 5.74) is 7.94. The third-order valence-electron chi connectivity index (χ3n) is 7.12. The average Bonchev–Trinajstić information content (AvgIpc) is 3.70. The minimum Gasteiger partial charge on any atom is -0.485 e. The Morgan fingerprint density at radius 1 is 1.15 bits per heavy atom. The molecule has 0 spiro atoms. The van der Waals surface area contributed by atoms with Crippen LogP contribution in [-0.2, 0) is 4.74 Å². The van der Waals surface area contributed by atoms with Crippen LogP contribution in [0.1, 0.15) is 0 Å². The molecule has 0 aliphatic carbocycles. The predicted molar refractivity (Wildman–Crippen MR) is 142 cm³/mol. The van der Waals surface area contributed by atoms with Crippen molar-refractivity contribution in [2.45, 2.75) is 12.2 Å². The zero-order chi connectivity index (χ0) is 26.9. The second-order valence-electron chi connectivity index (χ2n) is 9.78. The number of aromatic nitrogens is 4. The molecule has 206 valence electrons. The van der Waals surface area contributed by atoms with Gasteiger partial charge in [-0.05, 0) is 24.3 Å². The molecule has 2 fully saturated rings. The fraction of sp³-hybridized carbons (Fsp3) is 0.423. The Hall–Kier alpha value is -3.94. The summed E-state index contributed by atoms with van der Waals surface area (Å²) in [6.07, 6.45) is 0.424. The number of nitrogen functional groups attached to an aromatic ring is 1. The van der Waals surface area contributed by atoms with E-state index in [1.54, 1.807) is 24.5 Å². The van der Waals surface area contributed by atoms with Gasteiger partial charge in [0.05, 0.1) is 25.2 Å². The first-order valence-electron chi connectivity index (χ1n) is 12.9. The average molecular weight is 539 g/mol. The van der Waals surface area contributed by atoms with E-state index in [0.29, 0.717) is 60.7 Å². The van der Waals surface area contributed by atoms with Gasteiger partial charge in [-0.2, -0.15) is 19.6 Å². The van der Waals surface area contributed by atoms with Crippen molar-refractivity contribution in [3.05, 3.63) is 48.5 Å². The summed E-state index contributed by atoms with van der Waals surface area (Å²) in [5, 5.41) is 14.3. The first kappa shape index (κ1) is 25.3. The van der Waals surface area contributed by atoms with Gasteiger partial charge in [0.2, 0.25) is 11.9 Å². The number of nitrogens with zero attached hydrogens (tertiary/aromatic N) is 7. The number of nitrogens with two attached hydrogens (primary N) is 1. The second kappa shape index (κ2) is 10.7. The smallest absolute Gasteiger partial charge is 0.230 e. The molecule has 1 aromatic carbocycles. The summed E-state index contributed by atoms with van der Waals surface area (Å²) in [4.78, 5) is 15.4. The summed E-state index contributed by atoms with van der Waals surface area (Å²) in [5.74, 6) is 1.46. The van der Waals surface area contributed by atoms with E-state index in [0.717, 1.165) is 19.6 Å². The number of ether oxygens (including phenoxy) is 2. The lowest BCUT2D eigenvalue weighted by Crippen LogP contribution is -2.48. The first-order valence-corrected chi connectivity index (χ1v) is 12.9. The van der Waals surface area contributed by atoms with Crippen LogP contribution < -0.4 is 20.3 Å². The van der Waals surface area contributed by atoms with Gasteiger partial charge in [-0.3, -0.25) is 4.90 Å². The Labute approximate surface area is 224 Å². The van der Waals surface area contributed by atoms with E-state index < -0.39 is 12.2 Å². The van der Waals surface area contributed by atoms with Gasteiger partial charge in [0.15, 0.2) is 11.4 Å². The summed E-state index contributed by atoms with van der Waals surface area (Å²) in [7, 11) is 1.93. The Bertz CT molecular complexity index is 1420. The van der Waals surface area contributed by atoms with Crippen LogP contribution in [0.25, 0.3) is 17.1 Å². The van der Waals surface area contributed by atoms with Gasteiger partial charge >= 0.3 is 0 Å². The Morgan fingerprint density at radius 3 is 2.72 bits per heavy atom. The number of aliphatic hydroxyl groups is 1. The molecule has 3 N–H and O–H groups in total. The number of aliphatic hydroxyl groups excluding tert-OH is 1. The molecule has 2 aliphatic heterocycles. The number of piperazine rings is 1. The molecule has 0 radical (unpaired) electrons. The minimum absolute atomic E-state index is 0.236. The van der Waals surface area contributed by atoms with Crippen LogP contribution >= 0.6 is 0 Å². The lowest BCUT2D eigenvalue weighted by atomic mass is 10.2. The van der Waals surface area contributed by atoms with Crippen LogP contribution in [0.2, 0.25) is 0 Å². The topological polar surface area (TPSA) is 131 Å². The van der Waals surface area contributed by atoms with E-state index >= 15 is 0 Å². The molecule has 0 saturated carbocycles. The van der Waals surface area contributed by atoms with Gasteiger partial charge in [-0.1, -0.05) is 0 Å². The maximum Gasteiger partial charge on any atom is 0.230 e. The highest BCUT2D eigenvalue weighted by Gasteiger charge is 2.28. The lowest BCUT2D eigenvalue weighted by molar-refractivity contribution is 0.0731. The number of fused-ring (bicyclic) bond motifs is 1. The number of rotatable bonds is 8. The molecular formula is C26H31FN8O4. The quantitative estimate of drug-likeness (QED) is 0.338. The molecule has 39 heavy (non-hydrogen) atoms. The van der Waals surface area contributed by atoms with E-state index in [1.165, 1.54) is 10.6 Å². The molecule has 2 aliphatic rings. The molecular weight excluding hydrogens is 507 g/mol. The molecule has 13 heteroatoms. The maximum atomic E-state index is 14.9. The normalized spacial score (nSPS) is 20.1. The number of benzene rings is 1. The SMILES string of the molecule is CN(CCN1CCN(c2ccc(OC3COCC3O)cc2F)CC1)c1nc(N)n2nc(-c3ccco3)cc2n1. The van der Waals surface area contributed by atoms with Gasteiger partial charge in [0.1, 0.15) is 29.5 Å². The number of likely N-dealkylation sites (N-methyl/N-ethyl adjacent to an activating group) is 1. The van der Waals surface area contributed by atoms with Crippen molar-refractivity contribution in [1.82, 2.24) is 24.5 Å². The largest absolute Gasteiger partial charge is 0.485 e. The van der Waals surface area contributed by atoms with Crippen LogP contribution in [0.3, 0.4) is 0 Å². The molecule has 0 amide bonds. The Kier molecular flexibility index (Phi) is 6.94. The van der Waals surface area contributed by atoms with Crippen LogP contribution in [0, 0.1) is 5.82 Å². The van der Waals surface area contributed by atoms with E-state index in [9.17, 15) is 9.50 Å². The molecule has 2 saturated heterocycles. The van der Waals surface area contributed by atoms with Crippen molar-refractivity contribution in [3.63, 3.8) is 0 Å². The number of hydrogen-bond donors (Lipinski definition) is 2. The van der Waals surface area contributed by atoms with Gasteiger partial charge in [0, 0.05) is 58.4 Å². The van der Waals surface area contributed by atoms with Crippen molar-refractivity contribution >= 4 is 23.2 Å². The zero-order valence-electron chi connectivity index (χ0n) is 21.6. The van der Waals surface area contributed by atoms with Crippen LogP contribution in [-0.4, -0.2) is 101 Å². The third-order valence-corrected chi connectivity index (χ3v) is 7.12. The van der Waals surface area contributed by atoms with Gasteiger partial charge < -0.3 is 34.5 Å². The van der Waals surface area contributed by atoms with Gasteiger partial charge in [-0.25, -0.2) is 4.39 Å². The number of hydrogen-bond acceptors (Lipinski definition) is 11. The Balaban J connectivity index is 1.02. The van der Waals surface area contributed by atoms with E-state index in [2.05, 4.69) is 20.0 Å². The molecule has 5 heterocycles. The Morgan fingerprint density at radius 2 is 2.00 bits per heavy atom. The van der Waals surface area contributed by atoms with Crippen molar-refractivity contribution in [1.29, 1.82) is 0 Å². The number of anilines is 3. The van der Waals surface area contributed by atoms with E-state index in [1.807, 2.05) is 29.0 Å². The molecule has 0 bridgehead atoms. The summed E-state index contributed by atoms with van der Waals surface area (Å²) < 4.78 is 32.7. The van der Waals surface area contributed by atoms with E-state index in [4.69, 9.17) is 19.6 Å². The van der Waals surface area contributed by atoms with Crippen LogP contribution in [0.5, 0.6) is 5.75 Å². The highest BCUT2D eigenvalue weighted by atomic mass is 19.1. The number of furan rings is 1. The zero-order valence-corrected chi connectivity index (χ0v) is 21.6. The lowest BCUT2D eigenvalue weighted by Gasteiger charge is -2.36. The first-order chi connectivity index (χ1) is 18.9. The fourth-order valence-electron chi connectivity index (χ4n) is 4.84.